The number of halogens is 2. The Morgan fingerprint density at radius 3 is 2.42 bits per heavy atom. The second-order valence-electron chi connectivity index (χ2n) is 6.95. The number of hydrogen-bond donors (Lipinski definition) is 4. The molecule has 0 fully saturated rings. The van der Waals surface area contributed by atoms with Gasteiger partial charge in [0.15, 0.2) is 0 Å². The molecule has 3 rings (SSSR count). The predicted octanol–water partition coefficient (Wildman–Crippen LogP) is 4.10. The average Bonchev–Trinajstić information content (AvgIpc) is 2.78. The topological polar surface area (TPSA) is 124 Å². The molecule has 2 aromatic carbocycles. The minimum absolute atomic E-state index is 0.0380. The number of nitrogens with zero attached hydrogens (tertiary/aromatic N) is 2. The number of carbonyl (C=O) groups excluding carboxylic acids is 1. The summed E-state index contributed by atoms with van der Waals surface area (Å²) in [5.41, 5.74) is 4.80. The lowest BCUT2D eigenvalue weighted by atomic mass is 10.0. The van der Waals surface area contributed by atoms with Crippen molar-refractivity contribution in [3.05, 3.63) is 75.2 Å². The first-order chi connectivity index (χ1) is 15.8. The van der Waals surface area contributed by atoms with Crippen LogP contribution in [0, 0.1) is 13.8 Å². The number of amides is 1. The first-order valence-electron chi connectivity index (χ1n) is 9.90. The van der Waals surface area contributed by atoms with E-state index in [0.717, 1.165) is 22.4 Å². The van der Waals surface area contributed by atoms with Crippen molar-refractivity contribution >= 4 is 41.3 Å². The van der Waals surface area contributed by atoms with Crippen LogP contribution in [0.2, 0.25) is 10.0 Å². The van der Waals surface area contributed by atoms with E-state index < -0.39 is 5.91 Å². The minimum atomic E-state index is -0.410. The van der Waals surface area contributed by atoms with Crippen molar-refractivity contribution in [1.82, 2.24) is 15.3 Å². The molecule has 0 aliphatic carbocycles. The smallest absolute Gasteiger partial charge is 0.293 e. The fourth-order valence-corrected chi connectivity index (χ4v) is 3.53. The van der Waals surface area contributed by atoms with E-state index in [1.165, 1.54) is 6.20 Å². The molecule has 0 radical (unpaired) electrons. The Labute approximate surface area is 201 Å². The van der Waals surface area contributed by atoms with Gasteiger partial charge in [-0.25, -0.2) is 9.97 Å². The first-order valence-corrected chi connectivity index (χ1v) is 10.7. The summed E-state index contributed by atoms with van der Waals surface area (Å²) in [6.45, 7) is 4.87. The number of nitrogens with one attached hydrogen (secondary N) is 2. The zero-order chi connectivity index (χ0) is 24.4. The van der Waals surface area contributed by atoms with Gasteiger partial charge in [-0.05, 0) is 54.8 Å². The molecule has 174 valence electrons. The molecule has 0 bridgehead atoms. The molecule has 0 aliphatic rings. The van der Waals surface area contributed by atoms with Crippen LogP contribution in [0.3, 0.4) is 0 Å². The number of hydrogen-bond acceptors (Lipinski definition) is 6. The van der Waals surface area contributed by atoms with Gasteiger partial charge in [-0.15, -0.1) is 0 Å². The molecule has 0 saturated carbocycles. The monoisotopic (exact) mass is 490 g/mol. The van der Waals surface area contributed by atoms with E-state index in [0.29, 0.717) is 34.4 Å². The molecule has 3 aromatic rings. The second kappa shape index (κ2) is 12.9. The van der Waals surface area contributed by atoms with Crippen LogP contribution < -0.4 is 10.6 Å². The van der Waals surface area contributed by atoms with Crippen LogP contribution in [0.4, 0.5) is 5.69 Å². The lowest BCUT2D eigenvalue weighted by Gasteiger charge is -2.14. The SMILES string of the molecule is Cc1cc(CNCCO)cc(C)c1NC(=O)c1nccc(-c2cc(Cl)ccc2Cl)n1.O=CO. The number of aryl methyl sites for hydroxylation is 2. The highest BCUT2D eigenvalue weighted by Crippen LogP contribution is 2.29. The van der Waals surface area contributed by atoms with E-state index in [-0.39, 0.29) is 18.9 Å². The Kier molecular flexibility index (Phi) is 10.2. The van der Waals surface area contributed by atoms with Crippen LogP contribution in [0.15, 0.2) is 42.6 Å². The summed E-state index contributed by atoms with van der Waals surface area (Å²) in [7, 11) is 0. The maximum Gasteiger partial charge on any atom is 0.293 e. The lowest BCUT2D eigenvalue weighted by Crippen LogP contribution is -2.19. The number of carbonyl (C=O) groups is 2. The summed E-state index contributed by atoms with van der Waals surface area (Å²) in [6, 6.07) is 10.7. The highest BCUT2D eigenvalue weighted by Gasteiger charge is 2.15. The molecule has 0 atom stereocenters. The Morgan fingerprint density at radius 2 is 1.79 bits per heavy atom. The van der Waals surface area contributed by atoms with Gasteiger partial charge in [-0.1, -0.05) is 35.3 Å². The van der Waals surface area contributed by atoms with Crippen molar-refractivity contribution < 1.29 is 19.8 Å². The summed E-state index contributed by atoms with van der Waals surface area (Å²) in [4.78, 5) is 29.7. The van der Waals surface area contributed by atoms with E-state index in [1.807, 2.05) is 26.0 Å². The third-order valence-corrected chi connectivity index (χ3v) is 5.08. The summed E-state index contributed by atoms with van der Waals surface area (Å²) < 4.78 is 0. The Morgan fingerprint density at radius 1 is 1.12 bits per heavy atom. The quantitative estimate of drug-likeness (QED) is 0.290. The van der Waals surface area contributed by atoms with Gasteiger partial charge in [-0.2, -0.15) is 0 Å². The summed E-state index contributed by atoms with van der Waals surface area (Å²) in [5, 5.41) is 22.8. The molecular formula is C23H24Cl2N4O4. The van der Waals surface area contributed by atoms with E-state index in [4.69, 9.17) is 38.2 Å². The maximum atomic E-state index is 12.8. The molecule has 8 nitrogen and oxygen atoms in total. The molecule has 1 amide bonds. The largest absolute Gasteiger partial charge is 0.483 e. The standard InChI is InChI=1S/C22H22Cl2N4O2.CH2O2/c1-13-9-15(12-25-7-8-29)10-14(2)20(13)28-22(30)21-26-6-5-19(27-21)17-11-16(23)3-4-18(17)24;2-1-3/h3-6,9-11,25,29H,7-8,12H2,1-2H3,(H,28,30);1H,(H,2,3). The van der Waals surface area contributed by atoms with Crippen LogP contribution in [0.1, 0.15) is 27.3 Å². The molecule has 1 aromatic heterocycles. The number of aliphatic hydroxyl groups is 1. The Bertz CT molecular complexity index is 1100. The molecule has 0 spiro atoms. The number of aromatic nitrogens is 2. The summed E-state index contributed by atoms with van der Waals surface area (Å²) in [6.07, 6.45) is 1.52. The molecule has 0 unspecified atom stereocenters. The zero-order valence-electron chi connectivity index (χ0n) is 18.1. The van der Waals surface area contributed by atoms with Crippen LogP contribution >= 0.6 is 23.2 Å². The van der Waals surface area contributed by atoms with E-state index in [2.05, 4.69) is 20.6 Å². The van der Waals surface area contributed by atoms with Crippen LogP contribution in [-0.2, 0) is 11.3 Å². The maximum absolute atomic E-state index is 12.8. The van der Waals surface area contributed by atoms with Gasteiger partial charge in [0, 0.05) is 35.6 Å². The molecular weight excluding hydrogens is 467 g/mol. The second-order valence-corrected chi connectivity index (χ2v) is 7.80. The fraction of sp³-hybridized carbons (Fsp3) is 0.217. The zero-order valence-corrected chi connectivity index (χ0v) is 19.6. The van der Waals surface area contributed by atoms with Gasteiger partial charge in [-0.3, -0.25) is 9.59 Å². The molecule has 1 heterocycles. The molecule has 33 heavy (non-hydrogen) atoms. The number of benzene rings is 2. The predicted molar refractivity (Wildman–Crippen MR) is 129 cm³/mol. The van der Waals surface area contributed by atoms with Crippen LogP contribution in [0.5, 0.6) is 0 Å². The van der Waals surface area contributed by atoms with Crippen molar-refractivity contribution in [3.8, 4) is 11.3 Å². The van der Waals surface area contributed by atoms with Crippen molar-refractivity contribution in [2.45, 2.75) is 20.4 Å². The minimum Gasteiger partial charge on any atom is -0.483 e. The molecule has 10 heteroatoms. The Hall–Kier alpha value is -3.04. The van der Waals surface area contributed by atoms with Crippen molar-refractivity contribution in [3.63, 3.8) is 0 Å². The average molecular weight is 491 g/mol. The number of anilines is 1. The third-order valence-electron chi connectivity index (χ3n) is 4.51. The molecule has 4 N–H and O–H groups in total. The number of rotatable bonds is 7. The Balaban J connectivity index is 0.00000122. The van der Waals surface area contributed by atoms with Crippen LogP contribution in [0.25, 0.3) is 11.3 Å². The van der Waals surface area contributed by atoms with Crippen molar-refractivity contribution in [2.24, 2.45) is 0 Å². The van der Waals surface area contributed by atoms with Gasteiger partial charge >= 0.3 is 0 Å². The fourth-order valence-electron chi connectivity index (χ4n) is 3.15. The van der Waals surface area contributed by atoms with Gasteiger partial charge in [0.25, 0.3) is 12.4 Å². The van der Waals surface area contributed by atoms with Gasteiger partial charge < -0.3 is 20.8 Å². The van der Waals surface area contributed by atoms with E-state index in [1.54, 1.807) is 24.3 Å². The van der Waals surface area contributed by atoms with E-state index >= 15 is 0 Å². The summed E-state index contributed by atoms with van der Waals surface area (Å²) >= 11 is 12.3. The normalized spacial score (nSPS) is 10.2. The highest BCUT2D eigenvalue weighted by atomic mass is 35.5. The molecule has 0 saturated heterocycles. The summed E-state index contributed by atoms with van der Waals surface area (Å²) in [5.74, 6) is -0.372. The van der Waals surface area contributed by atoms with Gasteiger partial charge in [0.2, 0.25) is 5.82 Å². The van der Waals surface area contributed by atoms with Gasteiger partial charge in [0.05, 0.1) is 17.3 Å². The third kappa shape index (κ3) is 7.50. The van der Waals surface area contributed by atoms with Crippen molar-refractivity contribution in [1.29, 1.82) is 0 Å². The first kappa shape index (κ1) is 26.2. The molecule has 0 aliphatic heterocycles. The van der Waals surface area contributed by atoms with Gasteiger partial charge in [0.1, 0.15) is 0 Å². The van der Waals surface area contributed by atoms with E-state index in [9.17, 15) is 4.79 Å². The number of carboxylic acid groups (broad SMARTS) is 1. The lowest BCUT2D eigenvalue weighted by molar-refractivity contribution is -0.122. The highest BCUT2D eigenvalue weighted by molar-refractivity contribution is 6.35. The van der Waals surface area contributed by atoms with Crippen LogP contribution in [-0.4, -0.2) is 45.7 Å². The van der Waals surface area contributed by atoms with Crippen molar-refractivity contribution in [2.75, 3.05) is 18.5 Å². The number of aliphatic hydroxyl groups excluding tert-OH is 1.